The van der Waals surface area contributed by atoms with Crippen molar-refractivity contribution in [2.75, 3.05) is 0 Å². The molecule has 0 aliphatic heterocycles. The number of aromatic nitrogens is 1. The molecule has 3 aromatic carbocycles. The molecule has 116 valence electrons. The molecule has 1 heterocycles. The molecule has 0 N–H and O–H groups in total. The molecular weight excluding hydrogens is 290 g/mol. The lowest BCUT2D eigenvalue weighted by atomic mass is 9.97. The van der Waals surface area contributed by atoms with Gasteiger partial charge < -0.3 is 0 Å². The predicted molar refractivity (Wildman–Crippen MR) is 102 cm³/mol. The van der Waals surface area contributed by atoms with Crippen LogP contribution < -0.4 is 0 Å². The van der Waals surface area contributed by atoms with Crippen molar-refractivity contribution in [3.05, 3.63) is 90.5 Å². The molecule has 0 spiro atoms. The fourth-order valence-corrected chi connectivity index (χ4v) is 3.11. The molecule has 1 nitrogen and oxygen atoms in total. The topological polar surface area (TPSA) is 12.9 Å². The largest absolute Gasteiger partial charge is 0.248 e. The number of pyridine rings is 1. The van der Waals surface area contributed by atoms with Crippen molar-refractivity contribution in [3.8, 4) is 22.4 Å². The number of fused-ring (bicyclic) bond motifs is 1. The molecule has 1 aromatic heterocycles. The first kappa shape index (κ1) is 14.6. The van der Waals surface area contributed by atoms with Crippen LogP contribution in [0.15, 0.2) is 84.9 Å². The summed E-state index contributed by atoms with van der Waals surface area (Å²) in [5, 5.41) is 1.22. The van der Waals surface area contributed by atoms with Gasteiger partial charge in [-0.3, -0.25) is 0 Å². The maximum atomic E-state index is 4.91. The molecule has 0 amide bonds. The van der Waals surface area contributed by atoms with Crippen molar-refractivity contribution in [1.82, 2.24) is 4.98 Å². The van der Waals surface area contributed by atoms with Crippen molar-refractivity contribution in [3.63, 3.8) is 0 Å². The highest BCUT2D eigenvalue weighted by molar-refractivity contribution is 5.97. The van der Waals surface area contributed by atoms with Gasteiger partial charge in [0.05, 0.1) is 11.2 Å². The summed E-state index contributed by atoms with van der Waals surface area (Å²) < 4.78 is 0. The zero-order valence-corrected chi connectivity index (χ0v) is 13.7. The van der Waals surface area contributed by atoms with Gasteiger partial charge in [-0.1, -0.05) is 73.7 Å². The van der Waals surface area contributed by atoms with E-state index in [9.17, 15) is 0 Å². The van der Waals surface area contributed by atoms with E-state index in [1.165, 1.54) is 22.1 Å². The Labute approximate surface area is 142 Å². The van der Waals surface area contributed by atoms with Crippen molar-refractivity contribution in [2.24, 2.45) is 0 Å². The van der Waals surface area contributed by atoms with E-state index in [0.717, 1.165) is 23.2 Å². The Morgan fingerprint density at radius 2 is 1.38 bits per heavy atom. The summed E-state index contributed by atoms with van der Waals surface area (Å²) >= 11 is 0. The van der Waals surface area contributed by atoms with E-state index < -0.39 is 0 Å². The highest BCUT2D eigenvalue weighted by atomic mass is 14.7. The first-order valence-electron chi connectivity index (χ1n) is 8.39. The Kier molecular flexibility index (Phi) is 3.84. The quantitative estimate of drug-likeness (QED) is 0.443. The van der Waals surface area contributed by atoms with Gasteiger partial charge in [-0.25, -0.2) is 4.98 Å². The van der Waals surface area contributed by atoms with Crippen LogP contribution in [-0.4, -0.2) is 4.98 Å². The van der Waals surface area contributed by atoms with E-state index in [1.807, 2.05) is 6.07 Å². The number of nitrogens with zero attached hydrogens (tertiary/aromatic N) is 1. The van der Waals surface area contributed by atoms with Crippen LogP contribution in [0.5, 0.6) is 0 Å². The lowest BCUT2D eigenvalue weighted by Crippen LogP contribution is -1.91. The number of hydrogen-bond acceptors (Lipinski definition) is 1. The van der Waals surface area contributed by atoms with Gasteiger partial charge in [0, 0.05) is 10.9 Å². The number of rotatable bonds is 3. The van der Waals surface area contributed by atoms with Gasteiger partial charge in [0.15, 0.2) is 0 Å². The standard InChI is InChI=1S/C23H19N/c1-2-17-13-14-22-21(15-17)20(18-9-5-3-6-10-18)16-23(24-22)19-11-7-4-8-12-19/h3-16H,2H2,1H3. The second-order valence-electron chi connectivity index (χ2n) is 5.99. The van der Waals surface area contributed by atoms with Crippen LogP contribution in [0.1, 0.15) is 12.5 Å². The summed E-state index contributed by atoms with van der Waals surface area (Å²) in [6.07, 6.45) is 1.03. The van der Waals surface area contributed by atoms with Gasteiger partial charge in [0.2, 0.25) is 0 Å². The van der Waals surface area contributed by atoms with Gasteiger partial charge >= 0.3 is 0 Å². The Morgan fingerprint density at radius 1 is 0.708 bits per heavy atom. The van der Waals surface area contributed by atoms with Crippen molar-refractivity contribution in [1.29, 1.82) is 0 Å². The van der Waals surface area contributed by atoms with Gasteiger partial charge in [0.1, 0.15) is 0 Å². The third kappa shape index (κ3) is 2.69. The molecule has 4 aromatic rings. The van der Waals surface area contributed by atoms with E-state index >= 15 is 0 Å². The zero-order valence-electron chi connectivity index (χ0n) is 13.7. The minimum atomic E-state index is 1.02. The molecule has 0 saturated heterocycles. The van der Waals surface area contributed by atoms with Crippen LogP contribution in [0.3, 0.4) is 0 Å². The summed E-state index contributed by atoms with van der Waals surface area (Å²) in [4.78, 5) is 4.91. The van der Waals surface area contributed by atoms with Crippen LogP contribution in [0.4, 0.5) is 0 Å². The predicted octanol–water partition coefficient (Wildman–Crippen LogP) is 6.13. The number of aryl methyl sites for hydroxylation is 1. The van der Waals surface area contributed by atoms with E-state index in [0.29, 0.717) is 0 Å². The first-order valence-corrected chi connectivity index (χ1v) is 8.39. The lowest BCUT2D eigenvalue weighted by molar-refractivity contribution is 1.14. The van der Waals surface area contributed by atoms with E-state index in [-0.39, 0.29) is 0 Å². The fraction of sp³-hybridized carbons (Fsp3) is 0.0870. The summed E-state index contributed by atoms with van der Waals surface area (Å²) in [6.45, 7) is 2.19. The summed E-state index contributed by atoms with van der Waals surface area (Å²) in [5.41, 5.74) is 7.04. The van der Waals surface area contributed by atoms with Crippen LogP contribution >= 0.6 is 0 Å². The molecule has 0 atom stereocenters. The highest BCUT2D eigenvalue weighted by Crippen LogP contribution is 2.32. The summed E-state index contributed by atoms with van der Waals surface area (Å²) in [6, 6.07) is 29.8. The molecule has 0 radical (unpaired) electrons. The molecule has 0 aliphatic carbocycles. The summed E-state index contributed by atoms with van der Waals surface area (Å²) in [7, 11) is 0. The second kappa shape index (κ2) is 6.29. The van der Waals surface area contributed by atoms with E-state index in [4.69, 9.17) is 4.98 Å². The molecule has 0 fully saturated rings. The van der Waals surface area contributed by atoms with Crippen LogP contribution in [0, 0.1) is 0 Å². The molecule has 4 rings (SSSR count). The fourth-order valence-electron chi connectivity index (χ4n) is 3.11. The number of benzene rings is 3. The first-order chi connectivity index (χ1) is 11.8. The molecule has 1 heteroatoms. The van der Waals surface area contributed by atoms with Crippen LogP contribution in [0.2, 0.25) is 0 Å². The molecule has 0 saturated carbocycles. The van der Waals surface area contributed by atoms with Crippen molar-refractivity contribution < 1.29 is 0 Å². The van der Waals surface area contributed by atoms with Gasteiger partial charge in [-0.05, 0) is 41.3 Å². The normalized spacial score (nSPS) is 10.9. The molecule has 0 unspecified atom stereocenters. The Bertz CT molecular complexity index is 973. The maximum absolute atomic E-state index is 4.91. The lowest BCUT2D eigenvalue weighted by Gasteiger charge is -2.11. The van der Waals surface area contributed by atoms with Crippen LogP contribution in [-0.2, 0) is 6.42 Å². The second-order valence-corrected chi connectivity index (χ2v) is 5.99. The SMILES string of the molecule is CCc1ccc2nc(-c3ccccc3)cc(-c3ccccc3)c2c1. The van der Waals surface area contributed by atoms with Crippen molar-refractivity contribution >= 4 is 10.9 Å². The Hall–Kier alpha value is -2.93. The monoisotopic (exact) mass is 309 g/mol. The average molecular weight is 309 g/mol. The smallest absolute Gasteiger partial charge is 0.0715 e. The van der Waals surface area contributed by atoms with Gasteiger partial charge in [-0.15, -0.1) is 0 Å². The van der Waals surface area contributed by atoms with Crippen molar-refractivity contribution in [2.45, 2.75) is 13.3 Å². The zero-order chi connectivity index (χ0) is 16.4. The summed E-state index contributed by atoms with van der Waals surface area (Å²) in [5.74, 6) is 0. The third-order valence-electron chi connectivity index (χ3n) is 4.44. The molecule has 0 aliphatic rings. The van der Waals surface area contributed by atoms with E-state index in [2.05, 4.69) is 85.8 Å². The third-order valence-corrected chi connectivity index (χ3v) is 4.44. The minimum absolute atomic E-state index is 1.02. The Morgan fingerprint density at radius 3 is 2.04 bits per heavy atom. The molecular formula is C23H19N. The number of hydrogen-bond donors (Lipinski definition) is 0. The van der Waals surface area contributed by atoms with E-state index in [1.54, 1.807) is 0 Å². The van der Waals surface area contributed by atoms with Crippen LogP contribution in [0.25, 0.3) is 33.3 Å². The highest BCUT2D eigenvalue weighted by Gasteiger charge is 2.10. The van der Waals surface area contributed by atoms with Gasteiger partial charge in [0.25, 0.3) is 0 Å². The average Bonchev–Trinajstić information content (AvgIpc) is 2.68. The molecule has 0 bridgehead atoms. The maximum Gasteiger partial charge on any atom is 0.0715 e. The Balaban J connectivity index is 2.02. The molecule has 24 heavy (non-hydrogen) atoms. The van der Waals surface area contributed by atoms with Gasteiger partial charge in [-0.2, -0.15) is 0 Å². The minimum Gasteiger partial charge on any atom is -0.248 e.